The number of carbonyl (C=O) groups excluding carboxylic acids is 1. The number of hydrogen-bond acceptors (Lipinski definition) is 3. The Morgan fingerprint density at radius 2 is 1.86 bits per heavy atom. The maximum absolute atomic E-state index is 12.4. The van der Waals surface area contributed by atoms with Gasteiger partial charge in [-0.3, -0.25) is 18.8 Å². The first kappa shape index (κ1) is 14.8. The van der Waals surface area contributed by atoms with Crippen molar-refractivity contribution in [3.05, 3.63) is 34.7 Å². The molecule has 0 atom stereocenters. The Balaban J connectivity index is 1.74. The zero-order valence-electron chi connectivity index (χ0n) is 12.9. The van der Waals surface area contributed by atoms with Gasteiger partial charge < -0.3 is 5.73 Å². The highest BCUT2D eigenvalue weighted by Gasteiger charge is 2.22. The van der Waals surface area contributed by atoms with Crippen LogP contribution in [0.25, 0.3) is 11.0 Å². The van der Waals surface area contributed by atoms with Crippen LogP contribution in [0.2, 0.25) is 0 Å². The Morgan fingerprint density at radius 3 is 2.50 bits per heavy atom. The van der Waals surface area contributed by atoms with Gasteiger partial charge in [0.2, 0.25) is 5.91 Å². The number of nitrogens with two attached hydrogens (primary N) is 1. The van der Waals surface area contributed by atoms with Crippen LogP contribution in [-0.2, 0) is 18.5 Å². The lowest BCUT2D eigenvalue weighted by Crippen LogP contribution is -2.38. The van der Waals surface area contributed by atoms with Crippen molar-refractivity contribution in [1.29, 1.82) is 0 Å². The fraction of sp³-hybridized carbons (Fsp3) is 0.500. The summed E-state index contributed by atoms with van der Waals surface area (Å²) in [6.07, 6.45) is 2.40. The maximum Gasteiger partial charge on any atom is 0.329 e. The number of likely N-dealkylation sites (tertiary alicyclic amines) is 1. The Labute approximate surface area is 129 Å². The molecule has 1 saturated heterocycles. The van der Waals surface area contributed by atoms with E-state index in [4.69, 9.17) is 5.73 Å². The fourth-order valence-electron chi connectivity index (χ4n) is 3.32. The number of piperidine rings is 1. The molecular formula is C16H22N4O2. The van der Waals surface area contributed by atoms with E-state index in [0.717, 1.165) is 37.0 Å². The largest absolute Gasteiger partial charge is 0.370 e. The van der Waals surface area contributed by atoms with Crippen molar-refractivity contribution in [2.24, 2.45) is 18.7 Å². The van der Waals surface area contributed by atoms with Gasteiger partial charge in [-0.15, -0.1) is 0 Å². The van der Waals surface area contributed by atoms with Crippen LogP contribution in [0.15, 0.2) is 29.1 Å². The minimum atomic E-state index is -0.219. The van der Waals surface area contributed by atoms with E-state index in [9.17, 15) is 9.59 Å². The number of hydrogen-bond donors (Lipinski definition) is 1. The molecule has 118 valence electrons. The van der Waals surface area contributed by atoms with Gasteiger partial charge in [0.25, 0.3) is 0 Å². The SMILES string of the molecule is Cn1c(=O)n(CN2CCC(CC(N)=O)CC2)c2ccccc21. The summed E-state index contributed by atoms with van der Waals surface area (Å²) in [7, 11) is 1.81. The molecule has 1 fully saturated rings. The van der Waals surface area contributed by atoms with Crippen LogP contribution in [0.3, 0.4) is 0 Å². The van der Waals surface area contributed by atoms with E-state index in [1.807, 2.05) is 28.8 Å². The second-order valence-corrected chi connectivity index (χ2v) is 6.13. The van der Waals surface area contributed by atoms with E-state index in [2.05, 4.69) is 4.90 Å². The standard InChI is InChI=1S/C16H22N4O2/c1-18-13-4-2-3-5-14(13)20(16(18)22)11-19-8-6-12(7-9-19)10-15(17)21/h2-5,12H,6-11H2,1H3,(H2,17,21). The summed E-state index contributed by atoms with van der Waals surface area (Å²) in [4.78, 5) is 25.7. The molecule has 6 nitrogen and oxygen atoms in total. The topological polar surface area (TPSA) is 73.3 Å². The summed E-state index contributed by atoms with van der Waals surface area (Å²) in [5.41, 5.74) is 7.20. The third-order valence-corrected chi connectivity index (χ3v) is 4.59. The first-order chi connectivity index (χ1) is 10.6. The molecule has 0 bridgehead atoms. The van der Waals surface area contributed by atoms with Gasteiger partial charge in [-0.25, -0.2) is 4.79 Å². The maximum atomic E-state index is 12.4. The molecule has 1 aromatic heterocycles. The number of benzene rings is 1. The lowest BCUT2D eigenvalue weighted by Gasteiger charge is -2.31. The fourth-order valence-corrected chi connectivity index (χ4v) is 3.32. The molecular weight excluding hydrogens is 280 g/mol. The summed E-state index contributed by atoms with van der Waals surface area (Å²) in [5.74, 6) is 0.168. The van der Waals surface area contributed by atoms with Crippen molar-refractivity contribution in [3.8, 4) is 0 Å². The van der Waals surface area contributed by atoms with E-state index in [1.165, 1.54) is 0 Å². The number of para-hydroxylation sites is 2. The van der Waals surface area contributed by atoms with Crippen molar-refractivity contribution < 1.29 is 4.79 Å². The predicted octanol–water partition coefficient (Wildman–Crippen LogP) is 0.885. The minimum absolute atomic E-state index is 0.0143. The van der Waals surface area contributed by atoms with E-state index in [-0.39, 0.29) is 11.6 Å². The first-order valence-corrected chi connectivity index (χ1v) is 7.71. The van der Waals surface area contributed by atoms with Gasteiger partial charge in [-0.2, -0.15) is 0 Å². The van der Waals surface area contributed by atoms with Gasteiger partial charge in [-0.1, -0.05) is 12.1 Å². The summed E-state index contributed by atoms with van der Waals surface area (Å²) >= 11 is 0. The third kappa shape index (κ3) is 2.78. The van der Waals surface area contributed by atoms with Crippen molar-refractivity contribution in [2.45, 2.75) is 25.9 Å². The zero-order valence-corrected chi connectivity index (χ0v) is 12.9. The van der Waals surface area contributed by atoms with Gasteiger partial charge in [0, 0.05) is 26.6 Å². The monoisotopic (exact) mass is 302 g/mol. The molecule has 0 spiro atoms. The number of fused-ring (bicyclic) bond motifs is 1. The molecule has 0 radical (unpaired) electrons. The molecule has 0 aliphatic carbocycles. The highest BCUT2D eigenvalue weighted by Crippen LogP contribution is 2.21. The van der Waals surface area contributed by atoms with Crippen LogP contribution < -0.4 is 11.4 Å². The number of rotatable bonds is 4. The molecule has 0 unspecified atom stereocenters. The van der Waals surface area contributed by atoms with Crippen LogP contribution in [0.5, 0.6) is 0 Å². The van der Waals surface area contributed by atoms with Gasteiger partial charge in [0.15, 0.2) is 0 Å². The summed E-state index contributed by atoms with van der Waals surface area (Å²) in [6, 6.07) is 7.85. The smallest absolute Gasteiger partial charge is 0.329 e. The number of imidazole rings is 1. The summed E-state index contributed by atoms with van der Waals surface area (Å²) in [5, 5.41) is 0. The molecule has 3 rings (SSSR count). The zero-order chi connectivity index (χ0) is 15.7. The van der Waals surface area contributed by atoms with E-state index in [1.54, 1.807) is 11.6 Å². The van der Waals surface area contributed by atoms with E-state index >= 15 is 0 Å². The average Bonchev–Trinajstić information content (AvgIpc) is 2.74. The highest BCUT2D eigenvalue weighted by molar-refractivity contribution is 5.75. The third-order valence-electron chi connectivity index (χ3n) is 4.59. The van der Waals surface area contributed by atoms with Gasteiger partial charge in [0.05, 0.1) is 17.7 Å². The summed E-state index contributed by atoms with van der Waals surface area (Å²) < 4.78 is 3.51. The quantitative estimate of drug-likeness (QED) is 0.911. The lowest BCUT2D eigenvalue weighted by atomic mass is 9.93. The molecule has 1 aliphatic heterocycles. The Kier molecular flexibility index (Phi) is 4.02. The molecule has 6 heteroatoms. The number of carbonyl (C=O) groups is 1. The van der Waals surface area contributed by atoms with Crippen molar-refractivity contribution >= 4 is 16.9 Å². The van der Waals surface area contributed by atoms with Crippen LogP contribution in [0.4, 0.5) is 0 Å². The molecule has 2 N–H and O–H groups in total. The second-order valence-electron chi connectivity index (χ2n) is 6.13. The van der Waals surface area contributed by atoms with Crippen LogP contribution >= 0.6 is 0 Å². The Morgan fingerprint density at radius 1 is 1.23 bits per heavy atom. The molecule has 1 aromatic carbocycles. The van der Waals surface area contributed by atoms with Gasteiger partial charge in [0.1, 0.15) is 0 Å². The number of nitrogens with zero attached hydrogens (tertiary/aromatic N) is 3. The van der Waals surface area contributed by atoms with Crippen LogP contribution in [0.1, 0.15) is 19.3 Å². The normalized spacial score (nSPS) is 17.1. The Hall–Kier alpha value is -2.08. The second kappa shape index (κ2) is 5.96. The molecule has 2 aromatic rings. The number of aromatic nitrogens is 2. The van der Waals surface area contributed by atoms with Crippen LogP contribution in [-0.4, -0.2) is 33.0 Å². The van der Waals surface area contributed by atoms with Gasteiger partial charge >= 0.3 is 5.69 Å². The molecule has 0 saturated carbocycles. The van der Waals surface area contributed by atoms with Gasteiger partial charge in [-0.05, 0) is 30.9 Å². The van der Waals surface area contributed by atoms with Crippen molar-refractivity contribution in [1.82, 2.24) is 14.0 Å². The Bertz CT molecular complexity index is 738. The average molecular weight is 302 g/mol. The minimum Gasteiger partial charge on any atom is -0.370 e. The first-order valence-electron chi connectivity index (χ1n) is 7.71. The van der Waals surface area contributed by atoms with Crippen LogP contribution in [0, 0.1) is 5.92 Å². The molecule has 22 heavy (non-hydrogen) atoms. The molecule has 2 heterocycles. The number of primary amides is 1. The predicted molar refractivity (Wildman–Crippen MR) is 85.3 cm³/mol. The van der Waals surface area contributed by atoms with Crippen molar-refractivity contribution in [3.63, 3.8) is 0 Å². The van der Waals surface area contributed by atoms with E-state index < -0.39 is 0 Å². The summed E-state index contributed by atoms with van der Waals surface area (Å²) in [6.45, 7) is 2.39. The number of aryl methyl sites for hydroxylation is 1. The van der Waals surface area contributed by atoms with E-state index in [0.29, 0.717) is 19.0 Å². The molecule has 1 aliphatic rings. The number of amides is 1. The van der Waals surface area contributed by atoms with Crippen molar-refractivity contribution in [2.75, 3.05) is 13.1 Å². The molecule has 1 amide bonds. The highest BCUT2D eigenvalue weighted by atomic mass is 16.2. The lowest BCUT2D eigenvalue weighted by molar-refractivity contribution is -0.119.